The van der Waals surface area contributed by atoms with Gasteiger partial charge in [-0.15, -0.1) is 0 Å². The lowest BCUT2D eigenvalue weighted by molar-refractivity contribution is -0.161. The van der Waals surface area contributed by atoms with E-state index in [0.29, 0.717) is 32.1 Å². The average Bonchev–Trinajstić information content (AvgIpc) is 0.902. The SMILES string of the molecule is CCC=CCC=CCC=CCC=CCC=CCC=CCCC(=O)OC[C@H](COP(=O)(O)OCC(O)COP(=O)(O)OC[C@@H](COC(=O)CCCCC=CCC=CCC=CCCCCC)OC(=O)CCCCCCCC=CCC=CCCCCC)OC(=O)CCCCCCC=CCC=CCC=CCC=CCC. The highest BCUT2D eigenvalue weighted by molar-refractivity contribution is 7.47. The van der Waals surface area contributed by atoms with Crippen LogP contribution in [-0.2, 0) is 65.4 Å². The van der Waals surface area contributed by atoms with Gasteiger partial charge in [0.25, 0.3) is 0 Å². The van der Waals surface area contributed by atoms with Crippen LogP contribution < -0.4 is 0 Å². The maximum atomic E-state index is 13.1. The van der Waals surface area contributed by atoms with Crippen LogP contribution in [0.3, 0.4) is 0 Å². The minimum absolute atomic E-state index is 0.0223. The Bertz CT molecular complexity index is 2730. The molecule has 0 spiro atoms. The molecule has 0 aliphatic carbocycles. The van der Waals surface area contributed by atoms with E-state index in [2.05, 4.69) is 192 Å². The molecule has 0 aromatic heterocycles. The van der Waals surface area contributed by atoms with Crippen LogP contribution >= 0.6 is 15.6 Å². The average molecular weight is 1520 g/mol. The van der Waals surface area contributed by atoms with Gasteiger partial charge >= 0.3 is 39.5 Å². The molecule has 5 atom stereocenters. The molecule has 0 rings (SSSR count). The molecule has 0 fully saturated rings. The summed E-state index contributed by atoms with van der Waals surface area (Å²) in [5, 5.41) is 10.6. The highest BCUT2D eigenvalue weighted by Crippen LogP contribution is 2.45. The maximum Gasteiger partial charge on any atom is 0.472 e. The van der Waals surface area contributed by atoms with E-state index in [1.807, 2.05) is 18.2 Å². The quantitative estimate of drug-likeness (QED) is 0.0169. The lowest BCUT2D eigenvalue weighted by Crippen LogP contribution is -2.30. The first-order valence-corrected chi connectivity index (χ1v) is 43.0. The van der Waals surface area contributed by atoms with E-state index in [4.69, 9.17) is 37.0 Å². The summed E-state index contributed by atoms with van der Waals surface area (Å²) in [6, 6.07) is 0. The monoisotopic (exact) mass is 1520 g/mol. The number of phosphoric acid groups is 2. The summed E-state index contributed by atoms with van der Waals surface area (Å²) in [7, 11) is -10.0. The fourth-order valence-corrected chi connectivity index (χ4v) is 11.4. The smallest absolute Gasteiger partial charge is 0.462 e. The molecule has 600 valence electrons. The van der Waals surface area contributed by atoms with Gasteiger partial charge in [-0.25, -0.2) is 9.13 Å². The molecule has 0 aliphatic rings. The summed E-state index contributed by atoms with van der Waals surface area (Å²) in [5.74, 6) is -2.38. The molecule has 0 bridgehead atoms. The minimum atomic E-state index is -5.01. The van der Waals surface area contributed by atoms with Crippen molar-refractivity contribution in [3.63, 3.8) is 0 Å². The van der Waals surface area contributed by atoms with Crippen molar-refractivity contribution in [2.24, 2.45) is 0 Å². The van der Waals surface area contributed by atoms with E-state index in [-0.39, 0.29) is 25.7 Å². The maximum absolute atomic E-state index is 13.1. The van der Waals surface area contributed by atoms with Crippen LogP contribution in [0.5, 0.6) is 0 Å². The zero-order valence-electron chi connectivity index (χ0n) is 65.5. The van der Waals surface area contributed by atoms with Crippen molar-refractivity contribution >= 4 is 39.5 Å². The first-order chi connectivity index (χ1) is 51.7. The van der Waals surface area contributed by atoms with Gasteiger partial charge in [-0.3, -0.25) is 37.3 Å². The van der Waals surface area contributed by atoms with Crippen LogP contribution in [0.1, 0.15) is 285 Å². The molecule has 0 heterocycles. The summed E-state index contributed by atoms with van der Waals surface area (Å²) in [6.07, 6.45) is 93.1. The van der Waals surface area contributed by atoms with Crippen LogP contribution in [0.25, 0.3) is 0 Å². The van der Waals surface area contributed by atoms with Crippen LogP contribution in [-0.4, -0.2) is 96.7 Å². The van der Waals surface area contributed by atoms with Crippen molar-refractivity contribution < 1.29 is 80.2 Å². The lowest BCUT2D eigenvalue weighted by atomic mass is 10.1. The molecule has 106 heavy (non-hydrogen) atoms. The Balaban J connectivity index is 5.52. The van der Waals surface area contributed by atoms with Gasteiger partial charge in [0, 0.05) is 25.7 Å². The standard InChI is InChI=1S/C87H140O17P2/c1-5-9-13-17-21-25-29-33-37-39-40-42-45-48-52-56-60-64-68-72-85(90)98-78-83(104-87(92)74-70-66-62-58-54-50-46-41-38-34-30-26-22-18-14-10-6-2)80-102-106(95,96)100-76-81(88)75-99-105(93,94)101-79-82(103-86(91)73-69-65-61-57-53-49-44-36-32-28-24-20-16-12-8-4)77-97-84(89)71-67-63-59-55-51-47-43-35-31-27-23-19-15-11-7-3/h9-10,13-14,21-28,33-38,40,42-44,46,48,50-52,55,60,64,81-83,88H,5-8,11-12,15-20,29-32,39,41,45,47,49,53-54,56-59,61-63,65-80H2,1-4H3,(H,93,94)(H,95,96)/t81?,82-,83-/m1/s1. The molecule has 0 aromatic rings. The molecule has 19 heteroatoms. The van der Waals surface area contributed by atoms with E-state index in [1.165, 1.54) is 38.5 Å². The van der Waals surface area contributed by atoms with Crippen molar-refractivity contribution in [2.45, 2.75) is 303 Å². The molecular weight excluding hydrogens is 1380 g/mol. The van der Waals surface area contributed by atoms with Gasteiger partial charge in [0.2, 0.25) is 0 Å². The third-order valence-electron chi connectivity index (χ3n) is 15.8. The van der Waals surface area contributed by atoms with Gasteiger partial charge in [0.05, 0.1) is 26.4 Å². The molecule has 3 N–H and O–H groups in total. The van der Waals surface area contributed by atoms with Gasteiger partial charge in [-0.2, -0.15) is 0 Å². The number of carbonyl (C=O) groups is 4. The van der Waals surface area contributed by atoms with Crippen LogP contribution in [0.4, 0.5) is 0 Å². The predicted octanol–water partition coefficient (Wildman–Crippen LogP) is 23.6. The Morgan fingerprint density at radius 3 is 0.830 bits per heavy atom. The number of carbonyl (C=O) groups excluding carboxylic acids is 4. The van der Waals surface area contributed by atoms with Crippen LogP contribution in [0.15, 0.2) is 182 Å². The number of allylic oxidation sites excluding steroid dienone is 30. The van der Waals surface area contributed by atoms with Crippen molar-refractivity contribution in [2.75, 3.05) is 39.6 Å². The molecule has 0 amide bonds. The normalized spacial score (nSPS) is 14.8. The van der Waals surface area contributed by atoms with E-state index >= 15 is 0 Å². The zero-order valence-corrected chi connectivity index (χ0v) is 67.3. The van der Waals surface area contributed by atoms with Gasteiger partial charge in [-0.05, 0) is 173 Å². The number of unbranched alkanes of at least 4 members (excludes halogenated alkanes) is 17. The Labute approximate surface area is 641 Å². The number of rotatable bonds is 73. The fourth-order valence-electron chi connectivity index (χ4n) is 9.80. The molecule has 0 aromatic carbocycles. The first kappa shape index (κ1) is 100. The summed E-state index contributed by atoms with van der Waals surface area (Å²) < 4.78 is 68.5. The number of hydrogen-bond acceptors (Lipinski definition) is 15. The molecule has 17 nitrogen and oxygen atoms in total. The third-order valence-corrected chi connectivity index (χ3v) is 17.7. The van der Waals surface area contributed by atoms with Gasteiger partial charge in [-0.1, -0.05) is 268 Å². The van der Waals surface area contributed by atoms with E-state index in [9.17, 15) is 43.2 Å². The van der Waals surface area contributed by atoms with E-state index in [1.54, 1.807) is 0 Å². The summed E-state index contributed by atoms with van der Waals surface area (Å²) in [5.41, 5.74) is 0. The Morgan fingerprint density at radius 1 is 0.274 bits per heavy atom. The van der Waals surface area contributed by atoms with E-state index < -0.39 is 97.5 Å². The molecular formula is C87H140O17P2. The number of aliphatic hydroxyl groups is 1. The molecule has 0 radical (unpaired) electrons. The molecule has 3 unspecified atom stereocenters. The second-order valence-corrected chi connectivity index (χ2v) is 28.8. The van der Waals surface area contributed by atoms with E-state index in [0.717, 1.165) is 161 Å². The van der Waals surface area contributed by atoms with Crippen molar-refractivity contribution in [1.29, 1.82) is 0 Å². The topological polar surface area (TPSA) is 237 Å². The molecule has 0 saturated heterocycles. The predicted molar refractivity (Wildman–Crippen MR) is 436 cm³/mol. The number of esters is 4. The number of phosphoric ester groups is 2. The zero-order chi connectivity index (χ0) is 77.4. The van der Waals surface area contributed by atoms with Crippen molar-refractivity contribution in [3.05, 3.63) is 182 Å². The van der Waals surface area contributed by atoms with Gasteiger partial charge in [0.1, 0.15) is 19.3 Å². The van der Waals surface area contributed by atoms with Crippen molar-refractivity contribution in [3.8, 4) is 0 Å². The Morgan fingerprint density at radius 2 is 0.509 bits per heavy atom. The highest BCUT2D eigenvalue weighted by atomic mass is 31.2. The second-order valence-electron chi connectivity index (χ2n) is 25.9. The fraction of sp³-hybridized carbons (Fsp3) is 0.609. The Hall–Kier alpha value is -5.84. The Kier molecular flexibility index (Phi) is 73.1. The second kappa shape index (κ2) is 77.3. The molecule has 0 saturated carbocycles. The summed E-state index contributed by atoms with van der Waals surface area (Å²) in [6.45, 7) is 4.40. The molecule has 0 aliphatic heterocycles. The number of hydrogen-bond donors (Lipinski definition) is 3. The van der Waals surface area contributed by atoms with Crippen molar-refractivity contribution in [1.82, 2.24) is 0 Å². The van der Waals surface area contributed by atoms with Crippen LogP contribution in [0, 0.1) is 0 Å². The number of ether oxygens (including phenoxy) is 4. The van der Waals surface area contributed by atoms with Gasteiger partial charge < -0.3 is 33.8 Å². The lowest BCUT2D eigenvalue weighted by Gasteiger charge is -2.21. The summed E-state index contributed by atoms with van der Waals surface area (Å²) in [4.78, 5) is 73.0. The highest BCUT2D eigenvalue weighted by Gasteiger charge is 2.30. The summed E-state index contributed by atoms with van der Waals surface area (Å²) >= 11 is 0. The third kappa shape index (κ3) is 76.4. The van der Waals surface area contributed by atoms with Crippen LogP contribution in [0.2, 0.25) is 0 Å². The first-order valence-electron chi connectivity index (χ1n) is 40.0. The largest absolute Gasteiger partial charge is 0.472 e. The van der Waals surface area contributed by atoms with Gasteiger partial charge in [0.15, 0.2) is 12.2 Å². The minimum Gasteiger partial charge on any atom is -0.462 e. The number of aliphatic hydroxyl groups excluding tert-OH is 1.